The van der Waals surface area contributed by atoms with E-state index < -0.39 is 23.3 Å². The highest BCUT2D eigenvalue weighted by atomic mass is 16.6. The minimum absolute atomic E-state index is 0.0615. The maximum Gasteiger partial charge on any atom is 0.302 e. The fourth-order valence-corrected chi connectivity index (χ4v) is 6.90. The molecule has 0 aromatic heterocycles. The zero-order chi connectivity index (χ0) is 20.3. The van der Waals surface area contributed by atoms with Crippen molar-refractivity contribution in [3.05, 3.63) is 0 Å². The maximum absolute atomic E-state index is 13.5. The Morgan fingerprint density at radius 1 is 1.22 bits per heavy atom. The van der Waals surface area contributed by atoms with Crippen molar-refractivity contribution in [1.29, 1.82) is 0 Å². The minimum Gasteiger partial charge on any atom is -0.463 e. The Morgan fingerprint density at radius 3 is 2.52 bits per heavy atom. The predicted octanol–water partition coefficient (Wildman–Crippen LogP) is 3.66. The summed E-state index contributed by atoms with van der Waals surface area (Å²) in [5, 5.41) is 10.6. The molecule has 2 aliphatic carbocycles. The monoisotopic (exact) mass is 380 g/mol. The number of hydrogen-bond donors (Lipinski definition) is 1. The summed E-state index contributed by atoms with van der Waals surface area (Å²) in [4.78, 5) is 24.6. The van der Waals surface area contributed by atoms with E-state index in [0.717, 1.165) is 25.7 Å². The van der Waals surface area contributed by atoms with Gasteiger partial charge >= 0.3 is 5.97 Å². The minimum atomic E-state index is -1.02. The van der Waals surface area contributed by atoms with Crippen molar-refractivity contribution >= 4 is 11.8 Å². The maximum atomic E-state index is 13.5. The number of hydrogen-bond acceptors (Lipinski definition) is 5. The van der Waals surface area contributed by atoms with Gasteiger partial charge in [-0.25, -0.2) is 0 Å². The number of esters is 1. The van der Waals surface area contributed by atoms with Gasteiger partial charge in [-0.1, -0.05) is 27.2 Å². The quantitative estimate of drug-likeness (QED) is 0.757. The lowest BCUT2D eigenvalue weighted by molar-refractivity contribution is -0.272. The first kappa shape index (κ1) is 20.8. The topological polar surface area (TPSA) is 72.8 Å². The van der Waals surface area contributed by atoms with Crippen molar-refractivity contribution in [3.8, 4) is 0 Å². The Balaban J connectivity index is 1.89. The second-order valence-electron chi connectivity index (χ2n) is 10.6. The summed E-state index contributed by atoms with van der Waals surface area (Å²) in [6.07, 6.45) is 4.43. The lowest BCUT2D eigenvalue weighted by atomic mass is 9.44. The molecule has 154 valence electrons. The van der Waals surface area contributed by atoms with Crippen LogP contribution in [-0.4, -0.2) is 40.8 Å². The van der Waals surface area contributed by atoms with E-state index in [2.05, 4.69) is 27.7 Å². The summed E-state index contributed by atoms with van der Waals surface area (Å²) in [5.41, 5.74) is -1.43. The molecule has 0 aromatic rings. The number of ketones is 1. The predicted molar refractivity (Wildman–Crippen MR) is 102 cm³/mol. The number of carbonyl (C=O) groups excluding carboxylic acids is 2. The Morgan fingerprint density at radius 2 is 1.89 bits per heavy atom. The van der Waals surface area contributed by atoms with Crippen molar-refractivity contribution in [2.45, 2.75) is 97.4 Å². The molecule has 0 aromatic carbocycles. The van der Waals surface area contributed by atoms with Crippen LogP contribution in [0, 0.1) is 22.7 Å². The lowest BCUT2D eigenvalue weighted by Crippen LogP contribution is -2.68. The normalized spacial score (nSPS) is 44.8. The second-order valence-corrected chi connectivity index (χ2v) is 10.6. The Labute approximate surface area is 163 Å². The smallest absolute Gasteiger partial charge is 0.302 e. The average molecular weight is 381 g/mol. The van der Waals surface area contributed by atoms with Gasteiger partial charge in [-0.3, -0.25) is 9.59 Å². The molecule has 3 rings (SSSR count). The van der Waals surface area contributed by atoms with Crippen LogP contribution in [0.1, 0.15) is 80.1 Å². The van der Waals surface area contributed by atoms with Gasteiger partial charge in [0, 0.05) is 13.3 Å². The number of ether oxygens (including phenoxy) is 2. The number of fused-ring (bicyclic) bond motifs is 3. The fraction of sp³-hybridized carbons (Fsp3) is 0.909. The van der Waals surface area contributed by atoms with E-state index in [1.807, 2.05) is 0 Å². The van der Waals surface area contributed by atoms with E-state index in [-0.39, 0.29) is 35.6 Å². The summed E-state index contributed by atoms with van der Waals surface area (Å²) in [5.74, 6) is 0.122. The molecule has 0 spiro atoms. The van der Waals surface area contributed by atoms with Crippen molar-refractivity contribution in [3.63, 3.8) is 0 Å². The van der Waals surface area contributed by atoms with E-state index in [1.165, 1.54) is 13.3 Å². The molecule has 1 heterocycles. The fourth-order valence-electron chi connectivity index (χ4n) is 6.90. The van der Waals surface area contributed by atoms with Gasteiger partial charge in [-0.15, -0.1) is 0 Å². The SMILES string of the molecule is CC(=O)OC[C@H](O)[C@]1(C)CC(=O)[C@H]2[C@@]3(C)CCCC(C)(C)[C@@H]3CC[C@@]2(C)O1. The largest absolute Gasteiger partial charge is 0.463 e. The molecule has 1 aliphatic heterocycles. The van der Waals surface area contributed by atoms with Crippen LogP contribution in [0.25, 0.3) is 0 Å². The number of aliphatic hydroxyl groups excluding tert-OH is 1. The summed E-state index contributed by atoms with van der Waals surface area (Å²) < 4.78 is 11.5. The summed E-state index contributed by atoms with van der Waals surface area (Å²) >= 11 is 0. The van der Waals surface area contributed by atoms with Crippen LogP contribution in [0.3, 0.4) is 0 Å². The van der Waals surface area contributed by atoms with Crippen molar-refractivity contribution in [2.75, 3.05) is 6.61 Å². The molecule has 6 atom stereocenters. The highest BCUT2D eigenvalue weighted by molar-refractivity contribution is 5.85. The Kier molecular flexibility index (Phi) is 5.04. The number of aliphatic hydroxyl groups is 1. The van der Waals surface area contributed by atoms with Gasteiger partial charge < -0.3 is 14.6 Å². The molecule has 1 saturated heterocycles. The van der Waals surface area contributed by atoms with E-state index in [9.17, 15) is 14.7 Å². The summed E-state index contributed by atoms with van der Waals surface area (Å²) in [6.45, 7) is 12.0. The van der Waals surface area contributed by atoms with Gasteiger partial charge in [-0.05, 0) is 56.3 Å². The number of rotatable bonds is 3. The molecule has 1 N–H and O–H groups in total. The van der Waals surface area contributed by atoms with Gasteiger partial charge in [0.15, 0.2) is 0 Å². The Bertz CT molecular complexity index is 628. The Hall–Kier alpha value is -0.940. The summed E-state index contributed by atoms with van der Waals surface area (Å²) in [7, 11) is 0. The second kappa shape index (κ2) is 6.55. The van der Waals surface area contributed by atoms with Crippen molar-refractivity contribution in [2.24, 2.45) is 22.7 Å². The van der Waals surface area contributed by atoms with Crippen LogP contribution in [0.4, 0.5) is 0 Å². The molecule has 0 unspecified atom stereocenters. The summed E-state index contributed by atoms with van der Waals surface area (Å²) in [6, 6.07) is 0. The van der Waals surface area contributed by atoms with Crippen molar-refractivity contribution < 1.29 is 24.2 Å². The van der Waals surface area contributed by atoms with Gasteiger partial charge in [0.25, 0.3) is 0 Å². The van der Waals surface area contributed by atoms with Crippen LogP contribution in [0.15, 0.2) is 0 Å². The molecular weight excluding hydrogens is 344 g/mol. The molecule has 0 amide bonds. The van der Waals surface area contributed by atoms with Crippen LogP contribution in [-0.2, 0) is 19.1 Å². The van der Waals surface area contributed by atoms with E-state index in [0.29, 0.717) is 5.92 Å². The van der Waals surface area contributed by atoms with Crippen molar-refractivity contribution in [1.82, 2.24) is 0 Å². The molecule has 0 bridgehead atoms. The molecular formula is C22H36O5. The van der Waals surface area contributed by atoms with Gasteiger partial charge in [0.2, 0.25) is 0 Å². The molecule has 3 aliphatic rings. The molecule has 5 nitrogen and oxygen atoms in total. The number of Topliss-reactive ketones (excluding diaryl/α,β-unsaturated/α-hetero) is 1. The standard InChI is InChI=1S/C22H36O5/c1-14(23)26-13-17(25)22(6)12-15(24)18-20(4)10-7-9-19(2,3)16(20)8-11-21(18,5)27-22/h16-18,25H,7-13H2,1-6H3/t16-,17-,18-,20-,21+,22-/m0/s1. The lowest BCUT2D eigenvalue weighted by Gasteiger charge is -2.64. The van der Waals surface area contributed by atoms with Gasteiger partial charge in [0.1, 0.15) is 24.1 Å². The highest BCUT2D eigenvalue weighted by Crippen LogP contribution is 2.64. The third-order valence-corrected chi connectivity index (χ3v) is 7.94. The van der Waals surface area contributed by atoms with E-state index in [4.69, 9.17) is 9.47 Å². The number of carbonyl (C=O) groups is 2. The molecule has 5 heteroatoms. The molecule has 3 fully saturated rings. The van der Waals surface area contributed by atoms with E-state index in [1.54, 1.807) is 6.92 Å². The van der Waals surface area contributed by atoms with Crippen LogP contribution < -0.4 is 0 Å². The first-order valence-corrected chi connectivity index (χ1v) is 10.4. The first-order chi connectivity index (χ1) is 12.3. The highest BCUT2D eigenvalue weighted by Gasteiger charge is 2.65. The van der Waals surface area contributed by atoms with Crippen LogP contribution in [0.5, 0.6) is 0 Å². The first-order valence-electron chi connectivity index (χ1n) is 10.4. The molecule has 2 saturated carbocycles. The third kappa shape index (κ3) is 3.35. The molecule has 27 heavy (non-hydrogen) atoms. The average Bonchev–Trinajstić information content (AvgIpc) is 2.49. The van der Waals surface area contributed by atoms with Gasteiger partial charge in [0.05, 0.1) is 11.5 Å². The zero-order valence-corrected chi connectivity index (χ0v) is 17.8. The third-order valence-electron chi connectivity index (χ3n) is 7.94. The van der Waals surface area contributed by atoms with Crippen LogP contribution in [0.2, 0.25) is 0 Å². The zero-order valence-electron chi connectivity index (χ0n) is 17.8. The molecule has 0 radical (unpaired) electrons. The van der Waals surface area contributed by atoms with E-state index >= 15 is 0 Å². The van der Waals surface area contributed by atoms with Gasteiger partial charge in [-0.2, -0.15) is 0 Å². The van der Waals surface area contributed by atoms with Crippen LogP contribution >= 0.6 is 0 Å².